The van der Waals surface area contributed by atoms with Gasteiger partial charge in [-0.05, 0) is 62.9 Å². The van der Waals surface area contributed by atoms with Crippen LogP contribution in [0.15, 0.2) is 62.3 Å². The molecule has 1 fully saturated rings. The third kappa shape index (κ3) is 3.88. The minimum atomic E-state index is -0.343. The lowest BCUT2D eigenvalue weighted by atomic mass is 9.93. The van der Waals surface area contributed by atoms with Gasteiger partial charge in [-0.2, -0.15) is 4.98 Å². The molecule has 166 valence electrons. The van der Waals surface area contributed by atoms with Gasteiger partial charge in [0.15, 0.2) is 0 Å². The van der Waals surface area contributed by atoms with Gasteiger partial charge in [0, 0.05) is 37.4 Å². The van der Waals surface area contributed by atoms with Crippen LogP contribution in [0.1, 0.15) is 39.2 Å². The van der Waals surface area contributed by atoms with Crippen molar-refractivity contribution in [2.75, 3.05) is 31.1 Å². The Bertz CT molecular complexity index is 1230. The molecule has 3 aliphatic rings. The van der Waals surface area contributed by atoms with Gasteiger partial charge in [0.05, 0.1) is 22.7 Å². The molecule has 5 rings (SSSR count). The molecule has 7 nitrogen and oxygen atoms in total. The number of hydrogen-bond donors (Lipinski definition) is 1. The van der Waals surface area contributed by atoms with Gasteiger partial charge in [-0.25, -0.2) is 4.79 Å². The van der Waals surface area contributed by atoms with Crippen molar-refractivity contribution in [1.29, 1.82) is 0 Å². The number of aromatic nitrogens is 1. The molecule has 5 heterocycles. The summed E-state index contributed by atoms with van der Waals surface area (Å²) in [6.07, 6.45) is 8.15. The highest BCUT2D eigenvalue weighted by Gasteiger charge is 2.24. The first kappa shape index (κ1) is 20.7. The molecule has 0 saturated carbocycles. The SMILES string of the molecule is CC1=CN2C=C(c3cc4ccc(N5CCCNCC5)nc4oc3=O)C(C)CC=C2C(C)=N1. The molecule has 0 bridgehead atoms. The smallest absolute Gasteiger partial charge is 0.345 e. The Labute approximate surface area is 187 Å². The Balaban J connectivity index is 1.53. The van der Waals surface area contributed by atoms with E-state index in [9.17, 15) is 4.79 Å². The maximum Gasteiger partial charge on any atom is 0.345 e. The van der Waals surface area contributed by atoms with E-state index in [4.69, 9.17) is 4.42 Å². The second-order valence-corrected chi connectivity index (χ2v) is 8.79. The van der Waals surface area contributed by atoms with Crippen molar-refractivity contribution in [3.05, 3.63) is 64.1 Å². The molecule has 32 heavy (non-hydrogen) atoms. The average molecular weight is 432 g/mol. The standard InChI is InChI=1S/C25H29N5O2/c1-16-5-7-22-18(3)27-17(2)14-30(22)15-21(16)20-13-19-6-8-23(28-24(19)32-25(20)31)29-11-4-9-26-10-12-29/h6-8,13-16,26H,4-5,9-12H2,1-3H3. The summed E-state index contributed by atoms with van der Waals surface area (Å²) in [6.45, 7) is 9.93. The fraction of sp³-hybridized carbons (Fsp3) is 0.400. The lowest BCUT2D eigenvalue weighted by Crippen LogP contribution is -2.28. The van der Waals surface area contributed by atoms with Crippen LogP contribution in [0, 0.1) is 5.92 Å². The van der Waals surface area contributed by atoms with Crippen LogP contribution in [0.4, 0.5) is 5.82 Å². The van der Waals surface area contributed by atoms with Crippen molar-refractivity contribution in [2.45, 2.75) is 33.6 Å². The number of nitrogens with zero attached hydrogens (tertiary/aromatic N) is 4. The van der Waals surface area contributed by atoms with E-state index in [1.54, 1.807) is 0 Å². The summed E-state index contributed by atoms with van der Waals surface area (Å²) in [5.41, 5.74) is 4.61. The average Bonchev–Trinajstić information content (AvgIpc) is 3.13. The first-order valence-corrected chi connectivity index (χ1v) is 11.3. The van der Waals surface area contributed by atoms with Crippen molar-refractivity contribution >= 4 is 28.2 Å². The van der Waals surface area contributed by atoms with E-state index in [1.807, 2.05) is 38.2 Å². The number of nitrogens with one attached hydrogen (secondary N) is 1. The van der Waals surface area contributed by atoms with Crippen molar-refractivity contribution in [3.8, 4) is 0 Å². The van der Waals surface area contributed by atoms with Crippen LogP contribution < -0.4 is 15.8 Å². The van der Waals surface area contributed by atoms with E-state index in [1.165, 1.54) is 0 Å². The predicted octanol–water partition coefficient (Wildman–Crippen LogP) is 3.89. The van der Waals surface area contributed by atoms with Crippen LogP contribution in [0.2, 0.25) is 0 Å². The topological polar surface area (TPSA) is 74.0 Å². The number of allylic oxidation sites excluding steroid dienone is 4. The van der Waals surface area contributed by atoms with Crippen molar-refractivity contribution < 1.29 is 4.42 Å². The van der Waals surface area contributed by atoms with Gasteiger partial charge < -0.3 is 19.5 Å². The molecule has 0 aromatic carbocycles. The zero-order chi connectivity index (χ0) is 22.2. The zero-order valence-electron chi connectivity index (χ0n) is 18.9. The number of rotatable bonds is 2. The minimum Gasteiger partial charge on any atom is -0.403 e. The number of fused-ring (bicyclic) bond motifs is 2. The quantitative estimate of drug-likeness (QED) is 0.778. The monoisotopic (exact) mass is 431 g/mol. The predicted molar refractivity (Wildman–Crippen MR) is 129 cm³/mol. The Kier molecular flexibility index (Phi) is 5.43. The molecule has 1 saturated heterocycles. The summed E-state index contributed by atoms with van der Waals surface area (Å²) in [5.74, 6) is 1.03. The van der Waals surface area contributed by atoms with Gasteiger partial charge in [0.1, 0.15) is 5.82 Å². The minimum absolute atomic E-state index is 0.173. The summed E-state index contributed by atoms with van der Waals surface area (Å²) in [5, 5.41) is 4.24. The molecule has 7 heteroatoms. The highest BCUT2D eigenvalue weighted by molar-refractivity contribution is 5.99. The molecular formula is C25H29N5O2. The normalized spacial score (nSPS) is 21.8. The molecule has 1 unspecified atom stereocenters. The van der Waals surface area contributed by atoms with Crippen molar-refractivity contribution in [3.63, 3.8) is 0 Å². The Morgan fingerprint density at radius 2 is 2.03 bits per heavy atom. The molecule has 0 aliphatic carbocycles. The van der Waals surface area contributed by atoms with Crippen LogP contribution in [-0.2, 0) is 0 Å². The van der Waals surface area contributed by atoms with Crippen LogP contribution >= 0.6 is 0 Å². The number of aliphatic imine (C=N–C) groups is 1. The molecule has 0 amide bonds. The third-order valence-electron chi connectivity index (χ3n) is 6.35. The van der Waals surface area contributed by atoms with Gasteiger partial charge >= 0.3 is 5.63 Å². The lowest BCUT2D eigenvalue weighted by molar-refractivity contribution is 0.544. The summed E-state index contributed by atoms with van der Waals surface area (Å²) < 4.78 is 5.75. The van der Waals surface area contributed by atoms with Crippen LogP contribution in [0.3, 0.4) is 0 Å². The molecule has 3 aliphatic heterocycles. The molecule has 1 atom stereocenters. The number of anilines is 1. The third-order valence-corrected chi connectivity index (χ3v) is 6.35. The van der Waals surface area contributed by atoms with Gasteiger partial charge in [-0.3, -0.25) is 4.99 Å². The molecule has 1 N–H and O–H groups in total. The molecule has 2 aromatic heterocycles. The second-order valence-electron chi connectivity index (χ2n) is 8.79. The largest absolute Gasteiger partial charge is 0.403 e. The molecule has 0 radical (unpaired) electrons. The van der Waals surface area contributed by atoms with Gasteiger partial charge in [-0.15, -0.1) is 0 Å². The van der Waals surface area contributed by atoms with E-state index < -0.39 is 0 Å². The summed E-state index contributed by atoms with van der Waals surface area (Å²) >= 11 is 0. The van der Waals surface area contributed by atoms with Crippen molar-refractivity contribution in [1.82, 2.24) is 15.2 Å². The first-order valence-electron chi connectivity index (χ1n) is 11.3. The fourth-order valence-electron chi connectivity index (χ4n) is 4.64. The lowest BCUT2D eigenvalue weighted by Gasteiger charge is -2.24. The summed E-state index contributed by atoms with van der Waals surface area (Å²) in [4.78, 5) is 26.7. The van der Waals surface area contributed by atoms with Crippen LogP contribution in [0.25, 0.3) is 16.7 Å². The first-order chi connectivity index (χ1) is 15.5. The van der Waals surface area contributed by atoms with Gasteiger partial charge in [-0.1, -0.05) is 13.0 Å². The van der Waals surface area contributed by atoms with E-state index in [0.29, 0.717) is 11.3 Å². The van der Waals surface area contributed by atoms with E-state index in [0.717, 1.165) is 72.9 Å². The fourth-order valence-corrected chi connectivity index (χ4v) is 4.64. The molecular weight excluding hydrogens is 402 g/mol. The zero-order valence-corrected chi connectivity index (χ0v) is 18.9. The Morgan fingerprint density at radius 3 is 2.91 bits per heavy atom. The van der Waals surface area contributed by atoms with Crippen LogP contribution in [0.5, 0.6) is 0 Å². The van der Waals surface area contributed by atoms with Gasteiger partial charge in [0.2, 0.25) is 5.71 Å². The Morgan fingerprint density at radius 1 is 1.16 bits per heavy atom. The highest BCUT2D eigenvalue weighted by atomic mass is 16.4. The maximum absolute atomic E-state index is 13.1. The molecule has 2 aromatic rings. The molecule has 0 spiro atoms. The number of hydrogen-bond acceptors (Lipinski definition) is 7. The maximum atomic E-state index is 13.1. The van der Waals surface area contributed by atoms with Crippen molar-refractivity contribution in [2.24, 2.45) is 10.9 Å². The Hall–Kier alpha value is -3.19. The van der Waals surface area contributed by atoms with E-state index in [2.05, 4.69) is 44.3 Å². The van der Waals surface area contributed by atoms with E-state index in [-0.39, 0.29) is 11.5 Å². The summed E-state index contributed by atoms with van der Waals surface area (Å²) in [7, 11) is 0. The highest BCUT2D eigenvalue weighted by Crippen LogP contribution is 2.33. The van der Waals surface area contributed by atoms with E-state index >= 15 is 0 Å². The van der Waals surface area contributed by atoms with Crippen LogP contribution in [-0.4, -0.2) is 41.8 Å². The van der Waals surface area contributed by atoms with Gasteiger partial charge in [0.25, 0.3) is 0 Å². The summed E-state index contributed by atoms with van der Waals surface area (Å²) in [6, 6.07) is 5.96. The number of pyridine rings is 1. The second kappa shape index (κ2) is 8.39.